The van der Waals surface area contributed by atoms with Crippen molar-refractivity contribution in [2.75, 3.05) is 18.0 Å². The first-order valence-corrected chi connectivity index (χ1v) is 6.28. The summed E-state index contributed by atoms with van der Waals surface area (Å²) in [6.45, 7) is 3.77. The van der Waals surface area contributed by atoms with Gasteiger partial charge in [0.1, 0.15) is 0 Å². The number of anilines is 1. The molecule has 6 heteroatoms. The van der Waals surface area contributed by atoms with Gasteiger partial charge in [-0.1, -0.05) is 18.2 Å². The van der Waals surface area contributed by atoms with E-state index in [0.717, 1.165) is 4.90 Å². The minimum absolute atomic E-state index is 0.135. The molecule has 0 atom stereocenters. The molecule has 4 N–H and O–H groups in total. The molecule has 0 radical (unpaired) electrons. The first kappa shape index (κ1) is 14.1. The molecule has 96 valence electrons. The first-order valence-electron chi connectivity index (χ1n) is 5.29. The van der Waals surface area contributed by atoms with Crippen LogP contribution in [0, 0.1) is 0 Å². The number of carbonyl (C=O) groups excluding carboxylic acids is 2. The predicted molar refractivity (Wildman–Crippen MR) is 73.3 cm³/mol. The van der Waals surface area contributed by atoms with Crippen LogP contribution in [0.2, 0.25) is 0 Å². The van der Waals surface area contributed by atoms with Crippen molar-refractivity contribution in [3.8, 4) is 0 Å². The lowest BCUT2D eigenvalue weighted by atomic mass is 10.3. The topological polar surface area (TPSA) is 84.2 Å². The number of nitrogens with one attached hydrogen (secondary N) is 2. The lowest BCUT2D eigenvalue weighted by molar-refractivity contribution is -0.117. The van der Waals surface area contributed by atoms with Crippen molar-refractivity contribution in [2.24, 2.45) is 0 Å². The molecule has 18 heavy (non-hydrogen) atoms. The molecule has 0 bridgehead atoms. The maximum Gasteiger partial charge on any atom is 0.321 e. The van der Waals surface area contributed by atoms with Crippen LogP contribution in [0.4, 0.5) is 10.5 Å². The summed E-state index contributed by atoms with van der Waals surface area (Å²) in [6, 6.07) is 6.72. The molecule has 0 saturated heterocycles. The van der Waals surface area contributed by atoms with Crippen molar-refractivity contribution in [3.63, 3.8) is 0 Å². The Bertz CT molecular complexity index is 449. The zero-order chi connectivity index (χ0) is 13.4. The van der Waals surface area contributed by atoms with Gasteiger partial charge in [-0.3, -0.25) is 10.1 Å². The molecule has 0 aliphatic carbocycles. The molecular weight excluding hydrogens is 250 g/mol. The molecule has 0 saturated carbocycles. The highest BCUT2D eigenvalue weighted by atomic mass is 32.2. The number of nitrogens with two attached hydrogens (primary N) is 1. The van der Waals surface area contributed by atoms with Gasteiger partial charge in [0.2, 0.25) is 5.91 Å². The van der Waals surface area contributed by atoms with Gasteiger partial charge >= 0.3 is 6.03 Å². The summed E-state index contributed by atoms with van der Waals surface area (Å²) >= 11 is 1.28. The number of benzene rings is 1. The molecule has 0 spiro atoms. The number of imide groups is 1. The number of urea groups is 1. The maximum atomic E-state index is 11.4. The van der Waals surface area contributed by atoms with E-state index in [1.807, 2.05) is 18.2 Å². The van der Waals surface area contributed by atoms with Gasteiger partial charge in [0.05, 0.1) is 5.75 Å². The highest BCUT2D eigenvalue weighted by Crippen LogP contribution is 2.23. The molecule has 0 aliphatic rings. The summed E-state index contributed by atoms with van der Waals surface area (Å²) in [5.41, 5.74) is 6.35. The predicted octanol–water partition coefficient (Wildman–Crippen LogP) is 1.37. The van der Waals surface area contributed by atoms with E-state index in [1.54, 1.807) is 6.07 Å². The number of amides is 3. The van der Waals surface area contributed by atoms with Crippen molar-refractivity contribution in [3.05, 3.63) is 36.9 Å². The smallest absolute Gasteiger partial charge is 0.321 e. The second kappa shape index (κ2) is 7.39. The second-order valence-electron chi connectivity index (χ2n) is 3.37. The SMILES string of the molecule is C=CCNC(=O)NC(=O)CSc1ccccc1N. The zero-order valence-corrected chi connectivity index (χ0v) is 10.6. The van der Waals surface area contributed by atoms with Crippen LogP contribution in [0.1, 0.15) is 0 Å². The highest BCUT2D eigenvalue weighted by Gasteiger charge is 2.08. The third-order valence-corrected chi connectivity index (χ3v) is 3.03. The minimum Gasteiger partial charge on any atom is -0.398 e. The van der Waals surface area contributed by atoms with Gasteiger partial charge in [-0.05, 0) is 12.1 Å². The number of hydrogen-bond donors (Lipinski definition) is 3. The standard InChI is InChI=1S/C12H15N3O2S/c1-2-7-14-12(17)15-11(16)8-18-10-6-4-3-5-9(10)13/h2-6H,1,7-8,13H2,(H2,14,15,16,17). The summed E-state index contributed by atoms with van der Waals surface area (Å²) in [4.78, 5) is 23.4. The van der Waals surface area contributed by atoms with Crippen molar-refractivity contribution in [1.29, 1.82) is 0 Å². The van der Waals surface area contributed by atoms with Gasteiger partial charge in [-0.25, -0.2) is 4.79 Å². The van der Waals surface area contributed by atoms with E-state index in [4.69, 9.17) is 5.73 Å². The largest absolute Gasteiger partial charge is 0.398 e. The number of thioether (sulfide) groups is 1. The first-order chi connectivity index (χ1) is 8.63. The Kier molecular flexibility index (Phi) is 5.79. The van der Waals surface area contributed by atoms with Crippen LogP contribution in [-0.2, 0) is 4.79 Å². The number of rotatable bonds is 5. The van der Waals surface area contributed by atoms with Crippen molar-refractivity contribution in [1.82, 2.24) is 10.6 Å². The average molecular weight is 265 g/mol. The lowest BCUT2D eigenvalue weighted by Gasteiger charge is -2.06. The van der Waals surface area contributed by atoms with Crippen LogP contribution < -0.4 is 16.4 Å². The van der Waals surface area contributed by atoms with E-state index in [0.29, 0.717) is 12.2 Å². The quantitative estimate of drug-likeness (QED) is 0.426. The van der Waals surface area contributed by atoms with Gasteiger partial charge in [0.15, 0.2) is 0 Å². The molecule has 0 heterocycles. The molecule has 3 amide bonds. The summed E-state index contributed by atoms with van der Waals surface area (Å²) in [7, 11) is 0. The number of carbonyl (C=O) groups is 2. The van der Waals surface area contributed by atoms with Crippen molar-refractivity contribution >= 4 is 29.4 Å². The highest BCUT2D eigenvalue weighted by molar-refractivity contribution is 8.00. The number of nitrogen functional groups attached to an aromatic ring is 1. The van der Waals surface area contributed by atoms with E-state index in [2.05, 4.69) is 17.2 Å². The molecule has 1 aromatic rings. The van der Waals surface area contributed by atoms with Gasteiger partial charge < -0.3 is 11.1 Å². The summed E-state index contributed by atoms with van der Waals surface area (Å²) in [5, 5.41) is 4.66. The summed E-state index contributed by atoms with van der Waals surface area (Å²) in [6.07, 6.45) is 1.53. The Labute approximate surface area is 110 Å². The fraction of sp³-hybridized carbons (Fsp3) is 0.167. The van der Waals surface area contributed by atoms with E-state index in [-0.39, 0.29) is 11.7 Å². The fourth-order valence-corrected chi connectivity index (χ4v) is 1.90. The third-order valence-electron chi connectivity index (χ3n) is 1.94. The molecule has 5 nitrogen and oxygen atoms in total. The van der Waals surface area contributed by atoms with E-state index < -0.39 is 6.03 Å². The average Bonchev–Trinajstić information content (AvgIpc) is 2.35. The van der Waals surface area contributed by atoms with E-state index in [1.165, 1.54) is 17.8 Å². The molecule has 1 aromatic carbocycles. The Balaban J connectivity index is 2.35. The lowest BCUT2D eigenvalue weighted by Crippen LogP contribution is -2.40. The third kappa shape index (κ3) is 4.92. The van der Waals surface area contributed by atoms with Crippen LogP contribution >= 0.6 is 11.8 Å². The maximum absolute atomic E-state index is 11.4. The fourth-order valence-electron chi connectivity index (χ4n) is 1.13. The summed E-state index contributed by atoms with van der Waals surface area (Å²) < 4.78 is 0. The Morgan fingerprint density at radius 1 is 1.39 bits per heavy atom. The van der Waals surface area contributed by atoms with Crippen molar-refractivity contribution in [2.45, 2.75) is 4.90 Å². The van der Waals surface area contributed by atoms with Crippen LogP contribution in [0.15, 0.2) is 41.8 Å². The number of hydrogen-bond acceptors (Lipinski definition) is 4. The molecule has 0 fully saturated rings. The Hall–Kier alpha value is -1.95. The molecular formula is C12H15N3O2S. The Morgan fingerprint density at radius 2 is 2.11 bits per heavy atom. The van der Waals surface area contributed by atoms with Gasteiger partial charge in [0, 0.05) is 17.1 Å². The second-order valence-corrected chi connectivity index (χ2v) is 4.39. The zero-order valence-electron chi connectivity index (χ0n) is 9.81. The monoisotopic (exact) mass is 265 g/mol. The van der Waals surface area contributed by atoms with Gasteiger partial charge in [-0.15, -0.1) is 18.3 Å². The number of para-hydroxylation sites is 1. The molecule has 0 aromatic heterocycles. The minimum atomic E-state index is -0.526. The van der Waals surface area contributed by atoms with Crippen LogP contribution in [-0.4, -0.2) is 24.2 Å². The molecule has 0 aliphatic heterocycles. The normalized spacial score (nSPS) is 9.56. The Morgan fingerprint density at radius 3 is 2.78 bits per heavy atom. The van der Waals surface area contributed by atoms with Crippen molar-refractivity contribution < 1.29 is 9.59 Å². The molecule has 1 rings (SSSR count). The van der Waals surface area contributed by atoms with E-state index >= 15 is 0 Å². The van der Waals surface area contributed by atoms with Crippen LogP contribution in [0.3, 0.4) is 0 Å². The molecule has 0 unspecified atom stereocenters. The van der Waals surface area contributed by atoms with Gasteiger partial charge in [-0.2, -0.15) is 0 Å². The van der Waals surface area contributed by atoms with Crippen LogP contribution in [0.25, 0.3) is 0 Å². The summed E-state index contributed by atoms with van der Waals surface area (Å²) in [5.74, 6) is -0.236. The van der Waals surface area contributed by atoms with Crippen LogP contribution in [0.5, 0.6) is 0 Å². The van der Waals surface area contributed by atoms with Gasteiger partial charge in [0.25, 0.3) is 0 Å². The van der Waals surface area contributed by atoms with E-state index in [9.17, 15) is 9.59 Å².